The Balaban J connectivity index is 2.27. The van der Waals surface area contributed by atoms with Crippen molar-refractivity contribution in [2.45, 2.75) is 19.9 Å². The highest BCUT2D eigenvalue weighted by molar-refractivity contribution is 7.10. The zero-order valence-electron chi connectivity index (χ0n) is 8.73. The second kappa shape index (κ2) is 4.83. The van der Waals surface area contributed by atoms with Gasteiger partial charge in [-0.05, 0) is 42.0 Å². The second-order valence-corrected chi connectivity index (χ2v) is 5.23. The van der Waals surface area contributed by atoms with Crippen molar-refractivity contribution in [1.29, 1.82) is 0 Å². The fraction of sp³-hybridized carbons (Fsp3) is 0.400. The summed E-state index contributed by atoms with van der Waals surface area (Å²) in [6.45, 7) is 5.18. The van der Waals surface area contributed by atoms with Crippen molar-refractivity contribution in [3.05, 3.63) is 33.0 Å². The average Bonchev–Trinajstić information content (AvgIpc) is 2.85. The fourth-order valence-electron chi connectivity index (χ4n) is 1.50. The molecular formula is C10H13N3S2. The number of rotatable bonds is 4. The van der Waals surface area contributed by atoms with Crippen molar-refractivity contribution >= 4 is 22.9 Å². The molecule has 0 saturated carbocycles. The number of aromatic nitrogens is 2. The summed E-state index contributed by atoms with van der Waals surface area (Å²) in [5.41, 5.74) is 1.31. The lowest BCUT2D eigenvalue weighted by Gasteiger charge is -2.13. The monoisotopic (exact) mass is 239 g/mol. The third kappa shape index (κ3) is 2.42. The molecule has 0 saturated heterocycles. The van der Waals surface area contributed by atoms with Crippen LogP contribution in [0.2, 0.25) is 0 Å². The molecule has 0 aliphatic carbocycles. The van der Waals surface area contributed by atoms with Crippen molar-refractivity contribution < 1.29 is 0 Å². The molecule has 80 valence electrons. The molecule has 0 amide bonds. The van der Waals surface area contributed by atoms with Gasteiger partial charge < -0.3 is 5.32 Å². The van der Waals surface area contributed by atoms with Gasteiger partial charge in [0.05, 0.1) is 17.1 Å². The molecule has 0 aliphatic heterocycles. The molecule has 5 heteroatoms. The number of hydrogen-bond acceptors (Lipinski definition) is 5. The van der Waals surface area contributed by atoms with Gasteiger partial charge in [-0.1, -0.05) is 11.4 Å². The van der Waals surface area contributed by atoms with E-state index in [1.54, 1.807) is 11.3 Å². The van der Waals surface area contributed by atoms with E-state index in [-0.39, 0.29) is 6.04 Å². The molecule has 1 N–H and O–H groups in total. The van der Waals surface area contributed by atoms with Crippen LogP contribution in [0.15, 0.2) is 17.6 Å². The lowest BCUT2D eigenvalue weighted by atomic mass is 10.1. The van der Waals surface area contributed by atoms with Gasteiger partial charge >= 0.3 is 0 Å². The van der Waals surface area contributed by atoms with E-state index >= 15 is 0 Å². The Morgan fingerprint density at radius 3 is 2.93 bits per heavy atom. The Morgan fingerprint density at radius 1 is 1.53 bits per heavy atom. The predicted molar refractivity (Wildman–Crippen MR) is 64.5 cm³/mol. The van der Waals surface area contributed by atoms with Crippen molar-refractivity contribution in [2.75, 3.05) is 6.54 Å². The summed E-state index contributed by atoms with van der Waals surface area (Å²) in [7, 11) is 0. The fourth-order valence-corrected chi connectivity index (χ4v) is 2.84. The van der Waals surface area contributed by atoms with Gasteiger partial charge in [0.15, 0.2) is 0 Å². The van der Waals surface area contributed by atoms with E-state index in [9.17, 15) is 0 Å². The van der Waals surface area contributed by atoms with Crippen LogP contribution < -0.4 is 5.32 Å². The van der Waals surface area contributed by atoms with Crippen LogP contribution in [0.4, 0.5) is 0 Å². The van der Waals surface area contributed by atoms with Crippen LogP contribution in [0.1, 0.15) is 28.3 Å². The molecule has 2 heterocycles. The van der Waals surface area contributed by atoms with Crippen LogP contribution in [0, 0.1) is 6.92 Å². The summed E-state index contributed by atoms with van der Waals surface area (Å²) in [5.74, 6) is 0. The van der Waals surface area contributed by atoms with Crippen LogP contribution in [-0.2, 0) is 0 Å². The van der Waals surface area contributed by atoms with E-state index in [2.05, 4.69) is 40.2 Å². The molecule has 0 radical (unpaired) electrons. The quantitative estimate of drug-likeness (QED) is 0.891. The lowest BCUT2D eigenvalue weighted by Crippen LogP contribution is -2.20. The number of thiophene rings is 1. The van der Waals surface area contributed by atoms with Gasteiger partial charge in [0.2, 0.25) is 0 Å². The average molecular weight is 239 g/mol. The molecule has 0 aromatic carbocycles. The van der Waals surface area contributed by atoms with Gasteiger partial charge in [0, 0.05) is 4.88 Å². The molecule has 1 atom stereocenters. The molecule has 1 unspecified atom stereocenters. The summed E-state index contributed by atoms with van der Waals surface area (Å²) in [4.78, 5) is 2.51. The van der Waals surface area contributed by atoms with Crippen LogP contribution in [0.3, 0.4) is 0 Å². The number of nitrogens with one attached hydrogen (secondary N) is 1. The first-order valence-electron chi connectivity index (χ1n) is 4.87. The van der Waals surface area contributed by atoms with Crippen molar-refractivity contribution in [1.82, 2.24) is 14.9 Å². The van der Waals surface area contributed by atoms with E-state index in [4.69, 9.17) is 0 Å². The molecular weight excluding hydrogens is 226 g/mol. The molecule has 0 aliphatic rings. The summed E-state index contributed by atoms with van der Waals surface area (Å²) in [6.07, 6.45) is 1.84. The number of hydrogen-bond donors (Lipinski definition) is 1. The third-order valence-corrected chi connectivity index (χ3v) is 3.76. The van der Waals surface area contributed by atoms with E-state index in [0.717, 1.165) is 6.54 Å². The molecule has 2 aromatic heterocycles. The van der Waals surface area contributed by atoms with Gasteiger partial charge in [0.1, 0.15) is 0 Å². The molecule has 0 bridgehead atoms. The number of aryl methyl sites for hydroxylation is 1. The molecule has 0 spiro atoms. The minimum Gasteiger partial charge on any atom is -0.306 e. The molecule has 2 rings (SSSR count). The molecule has 2 aromatic rings. The summed E-state index contributed by atoms with van der Waals surface area (Å²) >= 11 is 3.24. The van der Waals surface area contributed by atoms with Gasteiger partial charge in [-0.2, -0.15) is 0 Å². The van der Waals surface area contributed by atoms with E-state index in [1.165, 1.54) is 26.9 Å². The summed E-state index contributed by atoms with van der Waals surface area (Å²) in [6, 6.07) is 2.47. The molecule has 0 fully saturated rings. The van der Waals surface area contributed by atoms with Crippen molar-refractivity contribution in [3.8, 4) is 0 Å². The highest BCUT2D eigenvalue weighted by atomic mass is 32.1. The first-order chi connectivity index (χ1) is 7.31. The van der Waals surface area contributed by atoms with Gasteiger partial charge in [-0.25, -0.2) is 0 Å². The van der Waals surface area contributed by atoms with E-state index in [1.807, 2.05) is 6.20 Å². The maximum atomic E-state index is 3.91. The Kier molecular flexibility index (Phi) is 3.45. The second-order valence-electron chi connectivity index (χ2n) is 3.30. The Hall–Kier alpha value is -0.780. The first kappa shape index (κ1) is 10.7. The number of nitrogens with zero attached hydrogens (tertiary/aromatic N) is 2. The van der Waals surface area contributed by atoms with Crippen molar-refractivity contribution in [3.63, 3.8) is 0 Å². The topological polar surface area (TPSA) is 37.8 Å². The molecule has 15 heavy (non-hydrogen) atoms. The smallest absolute Gasteiger partial charge is 0.0711 e. The van der Waals surface area contributed by atoms with Crippen LogP contribution in [0.25, 0.3) is 0 Å². The zero-order valence-corrected chi connectivity index (χ0v) is 10.4. The van der Waals surface area contributed by atoms with Crippen LogP contribution >= 0.6 is 22.9 Å². The van der Waals surface area contributed by atoms with E-state index in [0.29, 0.717) is 0 Å². The first-order valence-corrected chi connectivity index (χ1v) is 6.52. The minimum absolute atomic E-state index is 0.250. The SMILES string of the molecule is CCNC(c1csc(C)c1)c1cnns1. The summed E-state index contributed by atoms with van der Waals surface area (Å²) < 4.78 is 3.91. The van der Waals surface area contributed by atoms with Gasteiger partial charge in [-0.3, -0.25) is 0 Å². The minimum atomic E-state index is 0.250. The van der Waals surface area contributed by atoms with Gasteiger partial charge in [0.25, 0.3) is 0 Å². The molecule has 3 nitrogen and oxygen atoms in total. The largest absolute Gasteiger partial charge is 0.306 e. The highest BCUT2D eigenvalue weighted by Gasteiger charge is 2.16. The van der Waals surface area contributed by atoms with Crippen LogP contribution in [0.5, 0.6) is 0 Å². The maximum Gasteiger partial charge on any atom is 0.0711 e. The Morgan fingerprint density at radius 2 is 2.40 bits per heavy atom. The van der Waals surface area contributed by atoms with Crippen molar-refractivity contribution in [2.24, 2.45) is 0 Å². The maximum absolute atomic E-state index is 3.91. The Labute approximate surface area is 97.3 Å². The lowest BCUT2D eigenvalue weighted by molar-refractivity contribution is 0.640. The normalized spacial score (nSPS) is 12.9. The predicted octanol–water partition coefficient (Wildman–Crippen LogP) is 2.61. The van der Waals surface area contributed by atoms with Gasteiger partial charge in [-0.15, -0.1) is 16.4 Å². The standard InChI is InChI=1S/C10H13N3S2/c1-3-11-10(9-5-12-13-15-9)8-4-7(2)14-6-8/h4-6,10-11H,3H2,1-2H3. The van der Waals surface area contributed by atoms with Crippen LogP contribution in [-0.4, -0.2) is 16.1 Å². The highest BCUT2D eigenvalue weighted by Crippen LogP contribution is 2.27. The van der Waals surface area contributed by atoms with E-state index < -0.39 is 0 Å². The summed E-state index contributed by atoms with van der Waals surface area (Å²) in [5, 5.41) is 9.54. The zero-order chi connectivity index (χ0) is 10.7. The third-order valence-electron chi connectivity index (χ3n) is 2.16. The Bertz CT molecular complexity index is 408.